The number of alkyl halides is 3. The molecule has 1 aliphatic heterocycles. The van der Waals surface area contributed by atoms with Crippen LogP contribution in [0.2, 0.25) is 0 Å². The standard InChI is InChI=1S/C12H14F3NO/c13-12(14,15)11(17)10-4-2-1-3-9(10)8-5-6-16-7-8/h1-4,8,11,16-17H,5-7H2/t8-,11-/m1/s1. The van der Waals surface area contributed by atoms with Gasteiger partial charge in [0.1, 0.15) is 0 Å². The van der Waals surface area contributed by atoms with Gasteiger partial charge in [-0.05, 0) is 30.0 Å². The van der Waals surface area contributed by atoms with Gasteiger partial charge < -0.3 is 10.4 Å². The van der Waals surface area contributed by atoms with Gasteiger partial charge in [0.15, 0.2) is 6.10 Å². The van der Waals surface area contributed by atoms with E-state index in [1.165, 1.54) is 12.1 Å². The molecule has 0 bridgehead atoms. The Morgan fingerprint density at radius 1 is 1.29 bits per heavy atom. The molecule has 0 saturated carbocycles. The number of hydrogen-bond acceptors (Lipinski definition) is 2. The lowest BCUT2D eigenvalue weighted by Crippen LogP contribution is -2.22. The molecule has 0 aromatic heterocycles. The molecule has 0 radical (unpaired) electrons. The quantitative estimate of drug-likeness (QED) is 0.838. The maximum absolute atomic E-state index is 12.5. The Balaban J connectivity index is 2.33. The molecule has 94 valence electrons. The summed E-state index contributed by atoms with van der Waals surface area (Å²) in [7, 11) is 0. The second-order valence-electron chi connectivity index (χ2n) is 4.26. The maximum atomic E-state index is 12.5. The first kappa shape index (κ1) is 12.4. The van der Waals surface area contributed by atoms with Crippen LogP contribution < -0.4 is 5.32 Å². The monoisotopic (exact) mass is 245 g/mol. The summed E-state index contributed by atoms with van der Waals surface area (Å²) < 4.78 is 37.6. The van der Waals surface area contributed by atoms with Gasteiger partial charge in [0.25, 0.3) is 0 Å². The molecular weight excluding hydrogens is 231 g/mol. The van der Waals surface area contributed by atoms with E-state index in [9.17, 15) is 18.3 Å². The fourth-order valence-electron chi connectivity index (χ4n) is 2.23. The van der Waals surface area contributed by atoms with Gasteiger partial charge in [-0.3, -0.25) is 0 Å². The predicted octanol–water partition coefficient (Wildman–Crippen LogP) is 2.36. The molecule has 5 heteroatoms. The SMILES string of the molecule is O[C@H](c1ccccc1[C@@H]1CCNC1)C(F)(F)F. The molecule has 1 aliphatic rings. The zero-order chi connectivity index (χ0) is 12.5. The van der Waals surface area contributed by atoms with E-state index in [2.05, 4.69) is 5.32 Å². The van der Waals surface area contributed by atoms with Crippen molar-refractivity contribution in [3.8, 4) is 0 Å². The molecule has 2 atom stereocenters. The summed E-state index contributed by atoms with van der Waals surface area (Å²) in [6, 6.07) is 6.25. The van der Waals surface area contributed by atoms with Crippen molar-refractivity contribution >= 4 is 0 Å². The second-order valence-corrected chi connectivity index (χ2v) is 4.26. The third-order valence-electron chi connectivity index (χ3n) is 3.10. The summed E-state index contributed by atoms with van der Waals surface area (Å²) in [5.74, 6) is 0.0585. The molecule has 1 aromatic carbocycles. The van der Waals surface area contributed by atoms with Crippen molar-refractivity contribution < 1.29 is 18.3 Å². The number of aliphatic hydroxyl groups excluding tert-OH is 1. The third-order valence-corrected chi connectivity index (χ3v) is 3.10. The van der Waals surface area contributed by atoms with Crippen LogP contribution in [0.25, 0.3) is 0 Å². The fourth-order valence-corrected chi connectivity index (χ4v) is 2.23. The highest BCUT2D eigenvalue weighted by atomic mass is 19.4. The lowest BCUT2D eigenvalue weighted by molar-refractivity contribution is -0.207. The van der Waals surface area contributed by atoms with Crippen LogP contribution in [0.4, 0.5) is 13.2 Å². The molecule has 1 fully saturated rings. The van der Waals surface area contributed by atoms with Gasteiger partial charge in [-0.2, -0.15) is 13.2 Å². The van der Waals surface area contributed by atoms with E-state index >= 15 is 0 Å². The predicted molar refractivity (Wildman–Crippen MR) is 57.7 cm³/mol. The zero-order valence-electron chi connectivity index (χ0n) is 9.17. The van der Waals surface area contributed by atoms with E-state index in [0.29, 0.717) is 12.1 Å². The van der Waals surface area contributed by atoms with Crippen LogP contribution >= 0.6 is 0 Å². The van der Waals surface area contributed by atoms with Crippen molar-refractivity contribution in [3.63, 3.8) is 0 Å². The summed E-state index contributed by atoms with van der Waals surface area (Å²) in [4.78, 5) is 0. The van der Waals surface area contributed by atoms with Gasteiger partial charge in [-0.25, -0.2) is 0 Å². The van der Waals surface area contributed by atoms with Crippen molar-refractivity contribution in [1.82, 2.24) is 5.32 Å². The van der Waals surface area contributed by atoms with Crippen molar-refractivity contribution in [1.29, 1.82) is 0 Å². The van der Waals surface area contributed by atoms with Gasteiger partial charge in [-0.1, -0.05) is 24.3 Å². The minimum atomic E-state index is -4.61. The summed E-state index contributed by atoms with van der Waals surface area (Å²) >= 11 is 0. The summed E-state index contributed by atoms with van der Waals surface area (Å²) in [5, 5.41) is 12.5. The van der Waals surface area contributed by atoms with E-state index < -0.39 is 12.3 Å². The smallest absolute Gasteiger partial charge is 0.379 e. The van der Waals surface area contributed by atoms with E-state index in [0.717, 1.165) is 13.0 Å². The molecule has 1 aromatic rings. The lowest BCUT2D eigenvalue weighted by atomic mass is 9.91. The molecule has 0 spiro atoms. The molecule has 2 N–H and O–H groups in total. The zero-order valence-corrected chi connectivity index (χ0v) is 9.17. The molecule has 2 nitrogen and oxygen atoms in total. The Bertz CT molecular complexity index is 386. The van der Waals surface area contributed by atoms with Gasteiger partial charge in [0.05, 0.1) is 0 Å². The normalized spacial score (nSPS) is 22.7. The first-order valence-corrected chi connectivity index (χ1v) is 5.54. The van der Waals surface area contributed by atoms with E-state index in [1.54, 1.807) is 12.1 Å². The van der Waals surface area contributed by atoms with Gasteiger partial charge in [0, 0.05) is 6.54 Å². The van der Waals surface area contributed by atoms with Gasteiger partial charge in [-0.15, -0.1) is 0 Å². The highest BCUT2D eigenvalue weighted by Gasteiger charge is 2.41. The van der Waals surface area contributed by atoms with Gasteiger partial charge >= 0.3 is 6.18 Å². The first-order valence-electron chi connectivity index (χ1n) is 5.54. The average molecular weight is 245 g/mol. The topological polar surface area (TPSA) is 32.3 Å². The minimum Gasteiger partial charge on any atom is -0.379 e. The molecule has 1 saturated heterocycles. The Kier molecular flexibility index (Phi) is 3.40. The first-order chi connectivity index (χ1) is 8.00. The Morgan fingerprint density at radius 2 is 2.00 bits per heavy atom. The van der Waals surface area contributed by atoms with Gasteiger partial charge in [0.2, 0.25) is 0 Å². The van der Waals surface area contributed by atoms with E-state index in [4.69, 9.17) is 0 Å². The van der Waals surface area contributed by atoms with Crippen LogP contribution in [0.15, 0.2) is 24.3 Å². The van der Waals surface area contributed by atoms with Crippen molar-refractivity contribution in [2.75, 3.05) is 13.1 Å². The van der Waals surface area contributed by atoms with Crippen LogP contribution in [0.3, 0.4) is 0 Å². The van der Waals surface area contributed by atoms with Crippen LogP contribution in [-0.2, 0) is 0 Å². The van der Waals surface area contributed by atoms with Crippen LogP contribution in [0.1, 0.15) is 29.6 Å². The van der Waals surface area contributed by atoms with E-state index in [1.807, 2.05) is 0 Å². The molecule has 0 unspecified atom stereocenters. The Labute approximate surface area is 97.5 Å². The molecule has 2 rings (SSSR count). The second kappa shape index (κ2) is 4.66. The number of aliphatic hydroxyl groups is 1. The minimum absolute atomic E-state index is 0.0197. The van der Waals surface area contributed by atoms with Crippen molar-refractivity contribution in [2.45, 2.75) is 24.6 Å². The van der Waals surface area contributed by atoms with Crippen molar-refractivity contribution in [3.05, 3.63) is 35.4 Å². The van der Waals surface area contributed by atoms with Crippen LogP contribution in [-0.4, -0.2) is 24.4 Å². The molecule has 17 heavy (non-hydrogen) atoms. The lowest BCUT2D eigenvalue weighted by Gasteiger charge is -2.20. The Hall–Kier alpha value is -1.07. The van der Waals surface area contributed by atoms with Crippen LogP contribution in [0, 0.1) is 0 Å². The number of halogens is 3. The highest BCUT2D eigenvalue weighted by molar-refractivity contribution is 5.33. The summed E-state index contributed by atoms with van der Waals surface area (Å²) in [6.07, 6.45) is -6.19. The summed E-state index contributed by atoms with van der Waals surface area (Å²) in [6.45, 7) is 1.47. The van der Waals surface area contributed by atoms with Crippen molar-refractivity contribution in [2.24, 2.45) is 0 Å². The van der Waals surface area contributed by atoms with Crippen LogP contribution in [0.5, 0.6) is 0 Å². The number of hydrogen-bond donors (Lipinski definition) is 2. The molecule has 1 heterocycles. The maximum Gasteiger partial charge on any atom is 0.418 e. The average Bonchev–Trinajstić information content (AvgIpc) is 2.80. The third kappa shape index (κ3) is 2.61. The summed E-state index contributed by atoms with van der Waals surface area (Å²) in [5.41, 5.74) is 0.580. The largest absolute Gasteiger partial charge is 0.418 e. The molecular formula is C12H14F3NO. The number of rotatable bonds is 2. The highest BCUT2D eigenvalue weighted by Crippen LogP contribution is 2.37. The molecule has 0 aliphatic carbocycles. The Morgan fingerprint density at radius 3 is 2.59 bits per heavy atom. The molecule has 0 amide bonds. The fraction of sp³-hybridized carbons (Fsp3) is 0.500. The number of benzene rings is 1. The number of nitrogens with one attached hydrogen (secondary N) is 1. The van der Waals surface area contributed by atoms with E-state index in [-0.39, 0.29) is 11.5 Å².